The Balaban J connectivity index is 2.19. The van der Waals surface area contributed by atoms with Crippen LogP contribution in [0, 0.1) is 6.92 Å². The fourth-order valence-electron chi connectivity index (χ4n) is 1.92. The van der Waals surface area contributed by atoms with Crippen LogP contribution in [0.3, 0.4) is 0 Å². The van der Waals surface area contributed by atoms with Gasteiger partial charge in [-0.1, -0.05) is 66.2 Å². The summed E-state index contributed by atoms with van der Waals surface area (Å²) >= 11 is 0. The molecule has 1 atom stereocenters. The van der Waals surface area contributed by atoms with Gasteiger partial charge in [-0.3, -0.25) is 4.79 Å². The highest BCUT2D eigenvalue weighted by Gasteiger charge is 2.10. The Morgan fingerprint density at radius 3 is 2.30 bits per heavy atom. The number of hydrogen-bond acceptors (Lipinski definition) is 2. The van der Waals surface area contributed by atoms with E-state index in [0.29, 0.717) is 0 Å². The van der Waals surface area contributed by atoms with Gasteiger partial charge in [-0.25, -0.2) is 0 Å². The van der Waals surface area contributed by atoms with E-state index in [0.717, 1.165) is 11.1 Å². The quantitative estimate of drug-likeness (QED) is 0.771. The summed E-state index contributed by atoms with van der Waals surface area (Å²) in [5.41, 5.74) is 3.27. The maximum atomic E-state index is 11.2. The smallest absolute Gasteiger partial charge is 0.303 e. The van der Waals surface area contributed by atoms with Crippen molar-refractivity contribution >= 4 is 12.0 Å². The Morgan fingerprint density at radius 2 is 1.70 bits per heavy atom. The Morgan fingerprint density at radius 1 is 1.05 bits per heavy atom. The van der Waals surface area contributed by atoms with Gasteiger partial charge in [0, 0.05) is 6.92 Å². The first-order chi connectivity index (χ1) is 9.65. The van der Waals surface area contributed by atoms with Crippen molar-refractivity contribution in [2.45, 2.75) is 20.0 Å². The molecule has 0 amide bonds. The Bertz CT molecular complexity index is 583. The van der Waals surface area contributed by atoms with Gasteiger partial charge >= 0.3 is 5.97 Å². The van der Waals surface area contributed by atoms with Crippen LogP contribution in [0.1, 0.15) is 29.7 Å². The molecule has 0 aliphatic heterocycles. The molecular formula is C18H18O2. The Hall–Kier alpha value is -2.35. The molecule has 0 saturated heterocycles. The molecule has 0 bridgehead atoms. The number of carbonyl (C=O) groups excluding carboxylic acids is 1. The van der Waals surface area contributed by atoms with Crippen LogP contribution in [0.2, 0.25) is 0 Å². The molecule has 102 valence electrons. The summed E-state index contributed by atoms with van der Waals surface area (Å²) in [6.45, 7) is 3.48. The summed E-state index contributed by atoms with van der Waals surface area (Å²) in [6, 6.07) is 17.9. The molecule has 0 unspecified atom stereocenters. The molecule has 0 N–H and O–H groups in total. The highest BCUT2D eigenvalue weighted by atomic mass is 16.5. The van der Waals surface area contributed by atoms with Crippen LogP contribution < -0.4 is 0 Å². The lowest BCUT2D eigenvalue weighted by atomic mass is 10.1. The lowest BCUT2D eigenvalue weighted by Crippen LogP contribution is -2.05. The van der Waals surface area contributed by atoms with Crippen molar-refractivity contribution in [3.63, 3.8) is 0 Å². The zero-order valence-corrected chi connectivity index (χ0v) is 11.7. The van der Waals surface area contributed by atoms with Crippen molar-refractivity contribution in [2.75, 3.05) is 0 Å². The van der Waals surface area contributed by atoms with Crippen molar-refractivity contribution in [3.05, 3.63) is 77.4 Å². The summed E-state index contributed by atoms with van der Waals surface area (Å²) in [5, 5.41) is 0. The van der Waals surface area contributed by atoms with Gasteiger partial charge in [-0.2, -0.15) is 0 Å². The molecule has 2 aromatic rings. The van der Waals surface area contributed by atoms with E-state index >= 15 is 0 Å². The van der Waals surface area contributed by atoms with Crippen molar-refractivity contribution in [3.8, 4) is 0 Å². The van der Waals surface area contributed by atoms with E-state index in [4.69, 9.17) is 4.74 Å². The lowest BCUT2D eigenvalue weighted by molar-refractivity contribution is -0.144. The molecule has 0 spiro atoms. The second kappa shape index (κ2) is 6.71. The van der Waals surface area contributed by atoms with Crippen LogP contribution in [-0.4, -0.2) is 5.97 Å². The third kappa shape index (κ3) is 4.09. The van der Waals surface area contributed by atoms with Crippen LogP contribution in [0.5, 0.6) is 0 Å². The number of aryl methyl sites for hydroxylation is 1. The van der Waals surface area contributed by atoms with Crippen molar-refractivity contribution in [1.29, 1.82) is 0 Å². The number of esters is 1. The fraction of sp³-hybridized carbons (Fsp3) is 0.167. The molecule has 0 heterocycles. The molecule has 0 aromatic heterocycles. The van der Waals surface area contributed by atoms with E-state index in [1.165, 1.54) is 12.5 Å². The lowest BCUT2D eigenvalue weighted by Gasteiger charge is -2.13. The van der Waals surface area contributed by atoms with Crippen molar-refractivity contribution in [2.24, 2.45) is 0 Å². The van der Waals surface area contributed by atoms with Gasteiger partial charge in [0.25, 0.3) is 0 Å². The van der Waals surface area contributed by atoms with Gasteiger partial charge in [0.2, 0.25) is 0 Å². The average molecular weight is 266 g/mol. The first-order valence-electron chi connectivity index (χ1n) is 6.62. The maximum absolute atomic E-state index is 11.2. The van der Waals surface area contributed by atoms with Crippen LogP contribution >= 0.6 is 0 Å². The molecular weight excluding hydrogens is 248 g/mol. The van der Waals surface area contributed by atoms with Gasteiger partial charge in [-0.05, 0) is 24.1 Å². The Labute approximate surface area is 119 Å². The van der Waals surface area contributed by atoms with Crippen LogP contribution in [0.15, 0.2) is 60.7 Å². The number of benzene rings is 2. The van der Waals surface area contributed by atoms with Crippen molar-refractivity contribution < 1.29 is 9.53 Å². The van der Waals surface area contributed by atoms with E-state index in [1.54, 1.807) is 0 Å². The predicted molar refractivity (Wildman–Crippen MR) is 81.2 cm³/mol. The summed E-state index contributed by atoms with van der Waals surface area (Å²) < 4.78 is 5.36. The number of rotatable bonds is 4. The molecule has 2 nitrogen and oxygen atoms in total. The monoisotopic (exact) mass is 266 g/mol. The Kier molecular flexibility index (Phi) is 4.72. The summed E-state index contributed by atoms with van der Waals surface area (Å²) in [7, 11) is 0. The number of hydrogen-bond donors (Lipinski definition) is 0. The maximum Gasteiger partial charge on any atom is 0.303 e. The third-order valence-corrected chi connectivity index (χ3v) is 2.96. The third-order valence-electron chi connectivity index (χ3n) is 2.96. The minimum atomic E-state index is -0.352. The van der Waals surface area contributed by atoms with Crippen LogP contribution in [-0.2, 0) is 9.53 Å². The SMILES string of the molecule is CC(=O)O[C@H](/C=C/c1ccc(C)cc1)c1ccccc1. The second-order valence-corrected chi connectivity index (χ2v) is 4.71. The van der Waals surface area contributed by atoms with E-state index in [2.05, 4.69) is 19.1 Å². The standard InChI is InChI=1S/C18H18O2/c1-14-8-10-16(11-9-14)12-13-18(20-15(2)19)17-6-4-3-5-7-17/h3-13,18H,1-2H3/b13-12+/t18-/m1/s1. The molecule has 0 saturated carbocycles. The summed E-state index contributed by atoms with van der Waals surface area (Å²) in [5.74, 6) is -0.285. The van der Waals surface area contributed by atoms with Crippen LogP contribution in [0.4, 0.5) is 0 Å². The van der Waals surface area contributed by atoms with Gasteiger partial charge < -0.3 is 4.74 Å². The predicted octanol–water partition coefficient (Wildman–Crippen LogP) is 4.31. The molecule has 0 aliphatic carbocycles. The topological polar surface area (TPSA) is 26.3 Å². The number of ether oxygens (including phenoxy) is 1. The highest BCUT2D eigenvalue weighted by Crippen LogP contribution is 2.20. The molecule has 0 fully saturated rings. The molecule has 0 radical (unpaired) electrons. The minimum absolute atomic E-state index is 0.285. The molecule has 0 aliphatic rings. The summed E-state index contributed by atoms with van der Waals surface area (Å²) in [6.07, 6.45) is 3.52. The van der Waals surface area contributed by atoms with E-state index in [1.807, 2.05) is 54.6 Å². The van der Waals surface area contributed by atoms with E-state index in [9.17, 15) is 4.79 Å². The number of carbonyl (C=O) groups is 1. The largest absolute Gasteiger partial charge is 0.453 e. The van der Waals surface area contributed by atoms with Gasteiger partial charge in [-0.15, -0.1) is 0 Å². The van der Waals surface area contributed by atoms with Gasteiger partial charge in [0.05, 0.1) is 0 Å². The fourth-order valence-corrected chi connectivity index (χ4v) is 1.92. The van der Waals surface area contributed by atoms with E-state index < -0.39 is 0 Å². The first kappa shape index (κ1) is 14.1. The molecule has 2 heteroatoms. The highest BCUT2D eigenvalue weighted by molar-refractivity contribution is 5.67. The molecule has 20 heavy (non-hydrogen) atoms. The second-order valence-electron chi connectivity index (χ2n) is 4.71. The van der Waals surface area contributed by atoms with Crippen molar-refractivity contribution in [1.82, 2.24) is 0 Å². The van der Waals surface area contributed by atoms with Gasteiger partial charge in [0.15, 0.2) is 0 Å². The molecule has 2 aromatic carbocycles. The normalized spacial score (nSPS) is 12.3. The van der Waals surface area contributed by atoms with Gasteiger partial charge in [0.1, 0.15) is 6.10 Å². The zero-order chi connectivity index (χ0) is 14.4. The zero-order valence-electron chi connectivity index (χ0n) is 11.7. The van der Waals surface area contributed by atoms with E-state index in [-0.39, 0.29) is 12.1 Å². The van der Waals surface area contributed by atoms with Crippen LogP contribution in [0.25, 0.3) is 6.08 Å². The molecule has 2 rings (SSSR count). The summed E-state index contributed by atoms with van der Waals surface area (Å²) in [4.78, 5) is 11.2. The first-order valence-corrected chi connectivity index (χ1v) is 6.62. The minimum Gasteiger partial charge on any atom is -0.453 e. The average Bonchev–Trinajstić information content (AvgIpc) is 2.46.